The molecular formula is C28H19F2NO4. The van der Waals surface area contributed by atoms with Gasteiger partial charge in [-0.2, -0.15) is 0 Å². The second-order valence-corrected chi connectivity index (χ2v) is 7.66. The molecule has 0 N–H and O–H groups in total. The van der Waals surface area contributed by atoms with Crippen molar-refractivity contribution in [2.75, 3.05) is 7.11 Å². The lowest BCUT2D eigenvalue weighted by Gasteiger charge is -2.15. The molecule has 4 rings (SSSR count). The number of hydrogen-bond donors (Lipinski definition) is 0. The largest absolute Gasteiger partial charge is 0.496 e. The predicted molar refractivity (Wildman–Crippen MR) is 130 cm³/mol. The fourth-order valence-electron chi connectivity index (χ4n) is 3.66. The van der Waals surface area contributed by atoms with Gasteiger partial charge in [0, 0.05) is 12.1 Å². The fourth-order valence-corrected chi connectivity index (χ4v) is 3.66. The van der Waals surface area contributed by atoms with E-state index >= 15 is 0 Å². The third-order valence-electron chi connectivity index (χ3n) is 5.43. The van der Waals surface area contributed by atoms with Crippen LogP contribution in [0.4, 0.5) is 14.5 Å². The van der Waals surface area contributed by atoms with E-state index in [0.29, 0.717) is 33.6 Å². The fraction of sp³-hybridized carbons (Fsp3) is 0.0357. The summed E-state index contributed by atoms with van der Waals surface area (Å²) >= 11 is 0. The van der Waals surface area contributed by atoms with Gasteiger partial charge in [-0.15, -0.1) is 0 Å². The summed E-state index contributed by atoms with van der Waals surface area (Å²) in [5.74, 6) is -0.862. The number of non-ortho nitro benzene ring substituents is 1. The first kappa shape index (κ1) is 23.5. The summed E-state index contributed by atoms with van der Waals surface area (Å²) in [5, 5.41) is 10.9. The van der Waals surface area contributed by atoms with Crippen molar-refractivity contribution in [3.05, 3.63) is 124 Å². The minimum Gasteiger partial charge on any atom is -0.496 e. The van der Waals surface area contributed by atoms with Crippen LogP contribution in [0.5, 0.6) is 5.75 Å². The number of allylic oxidation sites excluding steroid dienone is 1. The number of benzene rings is 4. The topological polar surface area (TPSA) is 69.4 Å². The van der Waals surface area contributed by atoms with Gasteiger partial charge in [0.15, 0.2) is 5.78 Å². The second-order valence-electron chi connectivity index (χ2n) is 7.66. The van der Waals surface area contributed by atoms with Gasteiger partial charge in [-0.05, 0) is 82.4 Å². The van der Waals surface area contributed by atoms with Gasteiger partial charge in [0.05, 0.1) is 17.6 Å². The smallest absolute Gasteiger partial charge is 0.269 e. The van der Waals surface area contributed by atoms with Gasteiger partial charge < -0.3 is 4.74 Å². The van der Waals surface area contributed by atoms with Crippen molar-refractivity contribution < 1.29 is 23.2 Å². The summed E-state index contributed by atoms with van der Waals surface area (Å²) < 4.78 is 32.6. The quantitative estimate of drug-likeness (QED) is 0.125. The molecule has 0 aliphatic heterocycles. The molecule has 0 saturated heterocycles. The summed E-state index contributed by atoms with van der Waals surface area (Å²) in [6.07, 6.45) is 2.90. The third kappa shape index (κ3) is 5.30. The van der Waals surface area contributed by atoms with Gasteiger partial charge in [-0.25, -0.2) is 8.78 Å². The van der Waals surface area contributed by atoms with E-state index < -0.39 is 10.7 Å². The molecule has 0 atom stereocenters. The molecule has 0 saturated carbocycles. The number of carbonyl (C=O) groups excluding carboxylic acids is 1. The zero-order valence-corrected chi connectivity index (χ0v) is 18.6. The molecule has 0 unspecified atom stereocenters. The number of nitro benzene ring substituents is 1. The van der Waals surface area contributed by atoms with Gasteiger partial charge in [0.25, 0.3) is 5.69 Å². The van der Waals surface area contributed by atoms with Gasteiger partial charge in [0.2, 0.25) is 0 Å². The number of carbonyl (C=O) groups is 1. The monoisotopic (exact) mass is 471 g/mol. The molecular weight excluding hydrogens is 452 g/mol. The van der Waals surface area contributed by atoms with E-state index in [1.54, 1.807) is 42.5 Å². The summed E-state index contributed by atoms with van der Waals surface area (Å²) in [4.78, 5) is 23.7. The molecule has 0 fully saturated rings. The van der Waals surface area contributed by atoms with Crippen LogP contribution in [-0.2, 0) is 0 Å². The molecule has 0 spiro atoms. The first-order valence-corrected chi connectivity index (χ1v) is 10.6. The number of nitro groups is 1. The average Bonchev–Trinajstić information content (AvgIpc) is 2.87. The van der Waals surface area contributed by atoms with Crippen LogP contribution in [0.15, 0.2) is 91.0 Å². The zero-order chi connectivity index (χ0) is 24.9. The lowest BCUT2D eigenvalue weighted by atomic mass is 9.91. The van der Waals surface area contributed by atoms with Crippen molar-refractivity contribution in [1.29, 1.82) is 0 Å². The molecule has 0 radical (unpaired) electrons. The molecule has 0 aromatic heterocycles. The zero-order valence-electron chi connectivity index (χ0n) is 18.6. The molecule has 0 heterocycles. The van der Waals surface area contributed by atoms with E-state index in [1.165, 1.54) is 61.7 Å². The van der Waals surface area contributed by atoms with Crippen LogP contribution in [0.3, 0.4) is 0 Å². The number of methoxy groups -OCH3 is 1. The summed E-state index contributed by atoms with van der Waals surface area (Å²) in [6.45, 7) is 0. The van der Waals surface area contributed by atoms with Crippen molar-refractivity contribution in [1.82, 2.24) is 0 Å². The van der Waals surface area contributed by atoms with Crippen LogP contribution < -0.4 is 4.74 Å². The maximum absolute atomic E-state index is 13.6. The molecule has 0 amide bonds. The minimum atomic E-state index is -0.499. The highest BCUT2D eigenvalue weighted by molar-refractivity contribution is 6.13. The maximum Gasteiger partial charge on any atom is 0.269 e. The Morgan fingerprint density at radius 1 is 0.829 bits per heavy atom. The standard InChI is InChI=1S/C28H19F2NO4/c1-35-27-17-21(19-5-9-22(29)10-6-19)16-25(20-7-11-23(30)12-8-20)28(27)26(32)15-4-18-2-13-24(14-3-18)31(33)34/h2-17H,1H3. The van der Waals surface area contributed by atoms with Gasteiger partial charge in [-0.1, -0.05) is 30.3 Å². The number of ether oxygens (including phenoxy) is 1. The molecule has 0 aliphatic rings. The van der Waals surface area contributed by atoms with Crippen LogP contribution in [0.1, 0.15) is 15.9 Å². The van der Waals surface area contributed by atoms with Crippen LogP contribution in [0.25, 0.3) is 28.3 Å². The highest BCUT2D eigenvalue weighted by Crippen LogP contribution is 2.37. The van der Waals surface area contributed by atoms with E-state index in [0.717, 1.165) is 0 Å². The molecule has 4 aromatic rings. The van der Waals surface area contributed by atoms with Crippen molar-refractivity contribution in [2.45, 2.75) is 0 Å². The first-order chi connectivity index (χ1) is 16.9. The molecule has 7 heteroatoms. The Bertz CT molecular complexity index is 1410. The number of rotatable bonds is 7. The van der Waals surface area contributed by atoms with Crippen LogP contribution in [0, 0.1) is 21.7 Å². The van der Waals surface area contributed by atoms with Crippen molar-refractivity contribution in [2.24, 2.45) is 0 Å². The Balaban J connectivity index is 1.80. The second kappa shape index (κ2) is 10.1. The molecule has 35 heavy (non-hydrogen) atoms. The van der Waals surface area contributed by atoms with Crippen LogP contribution in [0.2, 0.25) is 0 Å². The first-order valence-electron chi connectivity index (χ1n) is 10.6. The van der Waals surface area contributed by atoms with E-state index in [9.17, 15) is 23.7 Å². The molecule has 4 aromatic carbocycles. The maximum atomic E-state index is 13.6. The highest BCUT2D eigenvalue weighted by Gasteiger charge is 2.19. The minimum absolute atomic E-state index is 0.0508. The number of nitrogens with zero attached hydrogens (tertiary/aromatic N) is 1. The SMILES string of the molecule is COc1cc(-c2ccc(F)cc2)cc(-c2ccc(F)cc2)c1C(=O)C=Cc1ccc([N+](=O)[O-])cc1. The number of halogens is 2. The van der Waals surface area contributed by atoms with Crippen molar-refractivity contribution >= 4 is 17.5 Å². The average molecular weight is 471 g/mol. The van der Waals surface area contributed by atoms with Crippen molar-refractivity contribution in [3.63, 3.8) is 0 Å². The van der Waals surface area contributed by atoms with Gasteiger partial charge >= 0.3 is 0 Å². The molecule has 0 aliphatic carbocycles. The Labute approximate surface area is 200 Å². The Morgan fingerprint density at radius 3 is 1.94 bits per heavy atom. The van der Waals surface area contributed by atoms with Crippen LogP contribution in [-0.4, -0.2) is 17.8 Å². The normalized spacial score (nSPS) is 10.9. The Kier molecular flexibility index (Phi) is 6.78. The molecule has 0 bridgehead atoms. The van der Waals surface area contributed by atoms with E-state index in [2.05, 4.69) is 0 Å². The lowest BCUT2D eigenvalue weighted by molar-refractivity contribution is -0.384. The van der Waals surface area contributed by atoms with Crippen molar-refractivity contribution in [3.8, 4) is 28.0 Å². The number of hydrogen-bond acceptors (Lipinski definition) is 4. The lowest BCUT2D eigenvalue weighted by Crippen LogP contribution is -2.03. The molecule has 174 valence electrons. The molecule has 5 nitrogen and oxygen atoms in total. The summed E-state index contributed by atoms with van der Waals surface area (Å²) in [7, 11) is 1.44. The number of ketones is 1. The highest BCUT2D eigenvalue weighted by atomic mass is 19.1. The van der Waals surface area contributed by atoms with Gasteiger partial charge in [0.1, 0.15) is 17.4 Å². The van der Waals surface area contributed by atoms with E-state index in [1.807, 2.05) is 0 Å². The summed E-state index contributed by atoms with van der Waals surface area (Å²) in [5.41, 5.74) is 3.34. The summed E-state index contributed by atoms with van der Waals surface area (Å²) in [6, 6.07) is 20.9. The van der Waals surface area contributed by atoms with Crippen LogP contribution >= 0.6 is 0 Å². The third-order valence-corrected chi connectivity index (χ3v) is 5.43. The Hall–Kier alpha value is -4.65. The van der Waals surface area contributed by atoms with E-state index in [4.69, 9.17) is 4.74 Å². The van der Waals surface area contributed by atoms with Gasteiger partial charge in [-0.3, -0.25) is 14.9 Å². The Morgan fingerprint density at radius 2 is 1.40 bits per heavy atom. The van der Waals surface area contributed by atoms with E-state index in [-0.39, 0.29) is 22.9 Å². The predicted octanol–water partition coefficient (Wildman–Crippen LogP) is 7.11.